The Morgan fingerprint density at radius 1 is 1.04 bits per heavy atom. The molecule has 0 aliphatic rings. The number of benzene rings is 3. The largest absolute Gasteiger partial charge is 0.277 e. The van der Waals surface area contributed by atoms with Gasteiger partial charge in [0.15, 0.2) is 5.82 Å². The molecule has 0 aliphatic heterocycles. The molecule has 3 aromatic rings. The standard InChI is InChI=1S/C19H15BrFNO2S2/c1-12-11-13(7-9-16(12)20)15-8-10-17(18(21)19(15)25)22-26(23,24)14-5-3-2-4-6-14/h2-11,22,25H,1H3. The number of rotatable bonds is 4. The van der Waals surface area contributed by atoms with Gasteiger partial charge in [0, 0.05) is 9.37 Å². The lowest BCUT2D eigenvalue weighted by Crippen LogP contribution is -2.14. The molecule has 0 amide bonds. The Labute approximate surface area is 165 Å². The summed E-state index contributed by atoms with van der Waals surface area (Å²) in [5, 5.41) is 0. The van der Waals surface area contributed by atoms with Crippen molar-refractivity contribution in [2.45, 2.75) is 16.7 Å². The molecule has 0 heterocycles. The predicted molar refractivity (Wildman–Crippen MR) is 109 cm³/mol. The highest BCUT2D eigenvalue weighted by atomic mass is 79.9. The Morgan fingerprint density at radius 2 is 1.73 bits per heavy atom. The summed E-state index contributed by atoms with van der Waals surface area (Å²) in [6.45, 7) is 1.94. The fraction of sp³-hybridized carbons (Fsp3) is 0.0526. The lowest BCUT2D eigenvalue weighted by Gasteiger charge is -2.13. The van der Waals surface area contributed by atoms with Crippen LogP contribution in [0.5, 0.6) is 0 Å². The maximum absolute atomic E-state index is 14.8. The van der Waals surface area contributed by atoms with E-state index in [9.17, 15) is 12.8 Å². The van der Waals surface area contributed by atoms with Gasteiger partial charge in [-0.05, 0) is 47.9 Å². The highest BCUT2D eigenvalue weighted by Crippen LogP contribution is 2.34. The first-order valence-electron chi connectivity index (χ1n) is 7.65. The summed E-state index contributed by atoms with van der Waals surface area (Å²) in [6, 6.07) is 16.5. The second-order valence-electron chi connectivity index (χ2n) is 5.71. The van der Waals surface area contributed by atoms with Crippen LogP contribution in [0.2, 0.25) is 0 Å². The zero-order chi connectivity index (χ0) is 18.9. The molecule has 134 valence electrons. The molecule has 0 saturated carbocycles. The van der Waals surface area contributed by atoms with E-state index in [0.717, 1.165) is 15.6 Å². The number of aryl methyl sites for hydroxylation is 1. The predicted octanol–water partition coefficient (Wildman–Crippen LogP) is 5.65. The summed E-state index contributed by atoms with van der Waals surface area (Å²) >= 11 is 7.70. The Kier molecular flexibility index (Phi) is 5.41. The summed E-state index contributed by atoms with van der Waals surface area (Å²) in [4.78, 5) is 0.146. The third kappa shape index (κ3) is 3.79. The Hall–Kier alpha value is -1.83. The molecule has 0 radical (unpaired) electrons. The summed E-state index contributed by atoms with van der Waals surface area (Å²) in [6.07, 6.45) is 0. The van der Waals surface area contributed by atoms with E-state index < -0.39 is 15.8 Å². The minimum absolute atomic E-state index is 0.0627. The normalized spacial score (nSPS) is 11.4. The molecule has 0 aromatic heterocycles. The number of anilines is 1. The van der Waals surface area contributed by atoms with E-state index in [1.165, 1.54) is 18.2 Å². The summed E-state index contributed by atoms with van der Waals surface area (Å²) in [5.41, 5.74) is 2.25. The average molecular weight is 452 g/mol. The second-order valence-corrected chi connectivity index (χ2v) is 8.69. The van der Waals surface area contributed by atoms with Crippen LogP contribution in [0.15, 0.2) is 74.9 Å². The fourth-order valence-corrected chi connectivity index (χ4v) is 4.14. The van der Waals surface area contributed by atoms with E-state index in [2.05, 4.69) is 33.3 Å². The van der Waals surface area contributed by atoms with E-state index in [-0.39, 0.29) is 15.5 Å². The smallest absolute Gasteiger partial charge is 0.261 e. The van der Waals surface area contributed by atoms with E-state index in [1.54, 1.807) is 24.3 Å². The number of halogens is 2. The molecule has 3 rings (SSSR count). The van der Waals surface area contributed by atoms with Gasteiger partial charge in [-0.15, -0.1) is 12.6 Å². The molecule has 0 aliphatic carbocycles. The van der Waals surface area contributed by atoms with Crippen LogP contribution in [0.4, 0.5) is 10.1 Å². The second kappa shape index (κ2) is 7.42. The van der Waals surface area contributed by atoms with Crippen molar-refractivity contribution in [1.29, 1.82) is 0 Å². The summed E-state index contributed by atoms with van der Waals surface area (Å²) in [5.74, 6) is -0.717. The van der Waals surface area contributed by atoms with Gasteiger partial charge >= 0.3 is 0 Å². The molecular weight excluding hydrogens is 437 g/mol. The Morgan fingerprint density at radius 3 is 2.38 bits per heavy atom. The molecule has 0 atom stereocenters. The minimum atomic E-state index is -3.87. The third-order valence-corrected chi connectivity index (χ3v) is 6.59. The lowest BCUT2D eigenvalue weighted by molar-refractivity contribution is 0.594. The molecule has 3 aromatic carbocycles. The summed E-state index contributed by atoms with van der Waals surface area (Å²) < 4.78 is 42.8. The van der Waals surface area contributed by atoms with Crippen LogP contribution in [-0.2, 0) is 10.0 Å². The van der Waals surface area contributed by atoms with Crippen molar-refractivity contribution >= 4 is 44.3 Å². The van der Waals surface area contributed by atoms with Crippen LogP contribution in [0, 0.1) is 12.7 Å². The van der Waals surface area contributed by atoms with Crippen molar-refractivity contribution in [2.24, 2.45) is 0 Å². The van der Waals surface area contributed by atoms with Crippen molar-refractivity contribution in [2.75, 3.05) is 4.72 Å². The van der Waals surface area contributed by atoms with Crippen molar-refractivity contribution in [3.05, 3.63) is 76.5 Å². The first kappa shape index (κ1) is 18.9. The Balaban J connectivity index is 1.99. The molecule has 26 heavy (non-hydrogen) atoms. The SMILES string of the molecule is Cc1cc(-c2ccc(NS(=O)(=O)c3ccccc3)c(F)c2S)ccc1Br. The number of sulfonamides is 1. The maximum atomic E-state index is 14.8. The van der Waals surface area contributed by atoms with Crippen molar-refractivity contribution in [1.82, 2.24) is 0 Å². The van der Waals surface area contributed by atoms with Gasteiger partial charge in [0.25, 0.3) is 10.0 Å². The highest BCUT2D eigenvalue weighted by molar-refractivity contribution is 9.10. The maximum Gasteiger partial charge on any atom is 0.261 e. The zero-order valence-corrected chi connectivity index (χ0v) is 17.0. The lowest BCUT2D eigenvalue weighted by atomic mass is 10.0. The van der Waals surface area contributed by atoms with Crippen molar-refractivity contribution in [3.8, 4) is 11.1 Å². The van der Waals surface area contributed by atoms with Gasteiger partial charge in [0.1, 0.15) is 0 Å². The minimum Gasteiger partial charge on any atom is -0.277 e. The molecule has 1 N–H and O–H groups in total. The summed E-state index contributed by atoms with van der Waals surface area (Å²) in [7, 11) is -3.87. The molecule has 3 nitrogen and oxygen atoms in total. The number of thiol groups is 1. The molecule has 7 heteroatoms. The van der Waals surface area contributed by atoms with Crippen LogP contribution < -0.4 is 4.72 Å². The molecule has 0 bridgehead atoms. The van der Waals surface area contributed by atoms with Crippen LogP contribution in [0.25, 0.3) is 11.1 Å². The first-order chi connectivity index (χ1) is 12.3. The van der Waals surface area contributed by atoms with Crippen molar-refractivity contribution in [3.63, 3.8) is 0 Å². The zero-order valence-electron chi connectivity index (χ0n) is 13.7. The molecule has 0 spiro atoms. The van der Waals surface area contributed by atoms with Gasteiger partial charge in [0.2, 0.25) is 0 Å². The van der Waals surface area contributed by atoms with E-state index in [0.29, 0.717) is 5.56 Å². The highest BCUT2D eigenvalue weighted by Gasteiger charge is 2.19. The molecule has 0 fully saturated rings. The van der Waals surface area contributed by atoms with E-state index in [1.807, 2.05) is 25.1 Å². The van der Waals surface area contributed by atoms with Gasteiger partial charge in [0.05, 0.1) is 10.6 Å². The quantitative estimate of drug-likeness (QED) is 0.503. The van der Waals surface area contributed by atoms with Gasteiger partial charge in [-0.2, -0.15) is 0 Å². The number of hydrogen-bond acceptors (Lipinski definition) is 3. The van der Waals surface area contributed by atoms with Gasteiger partial charge in [-0.1, -0.05) is 52.3 Å². The van der Waals surface area contributed by atoms with Crippen LogP contribution in [0.3, 0.4) is 0 Å². The first-order valence-corrected chi connectivity index (χ1v) is 10.4. The number of hydrogen-bond donors (Lipinski definition) is 2. The topological polar surface area (TPSA) is 46.2 Å². The molecule has 0 unspecified atom stereocenters. The van der Waals surface area contributed by atoms with E-state index in [4.69, 9.17) is 0 Å². The fourth-order valence-electron chi connectivity index (χ4n) is 2.49. The van der Waals surface area contributed by atoms with Crippen LogP contribution in [0.1, 0.15) is 5.56 Å². The van der Waals surface area contributed by atoms with Gasteiger partial charge < -0.3 is 0 Å². The van der Waals surface area contributed by atoms with Crippen LogP contribution in [-0.4, -0.2) is 8.42 Å². The average Bonchev–Trinajstić information content (AvgIpc) is 2.62. The van der Waals surface area contributed by atoms with E-state index >= 15 is 0 Å². The van der Waals surface area contributed by atoms with Gasteiger partial charge in [-0.3, -0.25) is 4.72 Å². The molecular formula is C19H15BrFNO2S2. The monoisotopic (exact) mass is 451 g/mol. The van der Waals surface area contributed by atoms with Crippen LogP contribution >= 0.6 is 28.6 Å². The number of nitrogens with one attached hydrogen (secondary N) is 1. The van der Waals surface area contributed by atoms with Crippen molar-refractivity contribution < 1.29 is 12.8 Å². The third-order valence-electron chi connectivity index (χ3n) is 3.88. The molecule has 0 saturated heterocycles. The van der Waals surface area contributed by atoms with Gasteiger partial charge in [-0.25, -0.2) is 12.8 Å². The Bertz CT molecular complexity index is 1070.